The number of likely N-dealkylation sites (tertiary alicyclic amines) is 1. The molecule has 1 amide bonds. The topological polar surface area (TPSA) is 67.2 Å². The van der Waals surface area contributed by atoms with Crippen LogP contribution >= 0.6 is 0 Å². The minimum atomic E-state index is -0.274. The van der Waals surface area contributed by atoms with Crippen LogP contribution in [0.5, 0.6) is 0 Å². The molecule has 1 aromatic heterocycles. The second-order valence-corrected chi connectivity index (χ2v) is 8.30. The molecule has 2 saturated carbocycles. The first-order valence-corrected chi connectivity index (χ1v) is 9.86. The summed E-state index contributed by atoms with van der Waals surface area (Å²) in [7, 11) is 4.20. The van der Waals surface area contributed by atoms with E-state index in [0.29, 0.717) is 18.5 Å². The molecule has 3 aliphatic rings. The zero-order valence-corrected chi connectivity index (χ0v) is 15.5. The van der Waals surface area contributed by atoms with Gasteiger partial charge in [0, 0.05) is 19.0 Å². The van der Waals surface area contributed by atoms with Crippen molar-refractivity contribution in [2.45, 2.75) is 69.4 Å². The van der Waals surface area contributed by atoms with Crippen LogP contribution in [0.15, 0.2) is 0 Å². The Balaban J connectivity index is 1.63. The fraction of sp³-hybridized carbons (Fsp3) is 0.889. The first kappa shape index (κ1) is 16.9. The Kier molecular flexibility index (Phi) is 4.52. The number of carbonyl (C=O) groups is 1. The molecule has 0 radical (unpaired) electrons. The number of hydrogen-bond acceptors (Lipinski definition) is 5. The summed E-state index contributed by atoms with van der Waals surface area (Å²) in [5.74, 6) is 1.55. The van der Waals surface area contributed by atoms with Gasteiger partial charge < -0.3 is 4.90 Å². The van der Waals surface area contributed by atoms with E-state index in [1.165, 1.54) is 19.3 Å². The van der Waals surface area contributed by atoms with Gasteiger partial charge in [-0.3, -0.25) is 9.69 Å². The maximum atomic E-state index is 12.9. The zero-order chi connectivity index (χ0) is 17.4. The molecule has 0 N–H and O–H groups in total. The summed E-state index contributed by atoms with van der Waals surface area (Å²) in [6, 6.07) is 0.416. The van der Waals surface area contributed by atoms with Crippen molar-refractivity contribution in [3.63, 3.8) is 0 Å². The summed E-state index contributed by atoms with van der Waals surface area (Å²) in [6.07, 6.45) is 10.2. The number of likely N-dealkylation sites (N-methyl/N-ethyl adjacent to an activating group) is 1. The first-order chi connectivity index (χ1) is 12.1. The highest BCUT2D eigenvalue weighted by Crippen LogP contribution is 2.39. The van der Waals surface area contributed by atoms with E-state index in [-0.39, 0.29) is 11.5 Å². The van der Waals surface area contributed by atoms with E-state index in [9.17, 15) is 4.79 Å². The van der Waals surface area contributed by atoms with Crippen molar-refractivity contribution in [2.75, 3.05) is 27.2 Å². The van der Waals surface area contributed by atoms with Gasteiger partial charge in [0.2, 0.25) is 5.91 Å². The fourth-order valence-electron chi connectivity index (χ4n) is 4.78. The van der Waals surface area contributed by atoms with Crippen LogP contribution in [0.2, 0.25) is 0 Å². The molecule has 7 nitrogen and oxygen atoms in total. The van der Waals surface area contributed by atoms with Gasteiger partial charge >= 0.3 is 0 Å². The van der Waals surface area contributed by atoms with E-state index >= 15 is 0 Å². The monoisotopic (exact) mass is 346 g/mol. The van der Waals surface area contributed by atoms with Gasteiger partial charge in [0.25, 0.3) is 0 Å². The molecule has 1 saturated heterocycles. The number of nitrogens with zero attached hydrogens (tertiary/aromatic N) is 6. The molecule has 1 unspecified atom stereocenters. The van der Waals surface area contributed by atoms with Gasteiger partial charge in [-0.05, 0) is 63.0 Å². The van der Waals surface area contributed by atoms with Gasteiger partial charge in [0.05, 0.1) is 6.04 Å². The van der Waals surface area contributed by atoms with E-state index in [4.69, 9.17) is 0 Å². The average Bonchev–Trinajstić information content (AvgIpc) is 3.24. The van der Waals surface area contributed by atoms with Gasteiger partial charge in [0.15, 0.2) is 5.82 Å². The summed E-state index contributed by atoms with van der Waals surface area (Å²) in [5.41, 5.74) is -0.274. The number of hydrogen-bond donors (Lipinski definition) is 0. The van der Waals surface area contributed by atoms with Crippen molar-refractivity contribution in [1.29, 1.82) is 0 Å². The number of piperidine rings is 1. The Bertz CT molecular complexity index is 619. The SMILES string of the molecule is CN(C)C1(c2nnnn2C2CCCC2)CCCN(C(=O)C2CCC2)C1. The van der Waals surface area contributed by atoms with Gasteiger partial charge in [-0.2, -0.15) is 0 Å². The Labute approximate surface area is 149 Å². The Hall–Kier alpha value is -1.50. The molecule has 0 aromatic carbocycles. The van der Waals surface area contributed by atoms with E-state index in [1.54, 1.807) is 0 Å². The summed E-state index contributed by atoms with van der Waals surface area (Å²) in [6.45, 7) is 1.58. The molecule has 0 spiro atoms. The summed E-state index contributed by atoms with van der Waals surface area (Å²) >= 11 is 0. The predicted octanol–water partition coefficient (Wildman–Crippen LogP) is 1.97. The number of amides is 1. The van der Waals surface area contributed by atoms with Crippen molar-refractivity contribution < 1.29 is 4.79 Å². The molecule has 1 aromatic rings. The fourth-order valence-corrected chi connectivity index (χ4v) is 4.78. The van der Waals surface area contributed by atoms with Crippen LogP contribution in [0.4, 0.5) is 0 Å². The third kappa shape index (κ3) is 2.86. The molecule has 25 heavy (non-hydrogen) atoms. The largest absolute Gasteiger partial charge is 0.340 e. The standard InChI is InChI=1S/C18H30N6O/c1-22(2)18(17-19-20-21-24(17)15-9-3-4-10-15)11-6-12-23(13-18)16(25)14-7-5-8-14/h14-15H,3-13H2,1-2H3. The van der Waals surface area contributed by atoms with E-state index in [1.807, 2.05) is 0 Å². The lowest BCUT2D eigenvalue weighted by atomic mass is 9.81. The van der Waals surface area contributed by atoms with Crippen LogP contribution < -0.4 is 0 Å². The number of rotatable bonds is 4. The number of aromatic nitrogens is 4. The van der Waals surface area contributed by atoms with Gasteiger partial charge in [0.1, 0.15) is 5.54 Å². The van der Waals surface area contributed by atoms with E-state index in [0.717, 1.165) is 50.9 Å². The smallest absolute Gasteiger partial charge is 0.225 e. The van der Waals surface area contributed by atoms with E-state index in [2.05, 4.69) is 44.1 Å². The molecule has 2 heterocycles. The summed E-state index contributed by atoms with van der Waals surface area (Å²) < 4.78 is 2.07. The Morgan fingerprint density at radius 2 is 1.88 bits per heavy atom. The summed E-state index contributed by atoms with van der Waals surface area (Å²) in [5, 5.41) is 12.9. The molecule has 1 atom stereocenters. The number of tetrazole rings is 1. The van der Waals surface area contributed by atoms with Gasteiger partial charge in [-0.25, -0.2) is 4.68 Å². The molecule has 0 bridgehead atoms. The highest BCUT2D eigenvalue weighted by molar-refractivity contribution is 5.79. The molecule has 2 aliphatic carbocycles. The Morgan fingerprint density at radius 3 is 2.52 bits per heavy atom. The number of carbonyl (C=O) groups excluding carboxylic acids is 1. The lowest BCUT2D eigenvalue weighted by Gasteiger charge is -2.47. The van der Waals surface area contributed by atoms with Gasteiger partial charge in [-0.15, -0.1) is 5.10 Å². The van der Waals surface area contributed by atoms with Crippen molar-refractivity contribution >= 4 is 5.91 Å². The third-order valence-corrected chi connectivity index (χ3v) is 6.67. The molecule has 138 valence electrons. The van der Waals surface area contributed by atoms with Crippen LogP contribution in [-0.2, 0) is 10.3 Å². The molecule has 1 aliphatic heterocycles. The maximum Gasteiger partial charge on any atom is 0.225 e. The van der Waals surface area contributed by atoms with Crippen molar-refractivity contribution in [3.05, 3.63) is 5.82 Å². The van der Waals surface area contributed by atoms with E-state index < -0.39 is 0 Å². The molecule has 3 fully saturated rings. The van der Waals surface area contributed by atoms with Crippen LogP contribution in [0, 0.1) is 5.92 Å². The quantitative estimate of drug-likeness (QED) is 0.834. The highest BCUT2D eigenvalue weighted by Gasteiger charge is 2.46. The maximum absolute atomic E-state index is 12.9. The molecule has 7 heteroatoms. The molecule has 4 rings (SSSR count). The normalized spacial score (nSPS) is 28.5. The molecular weight excluding hydrogens is 316 g/mol. The van der Waals surface area contributed by atoms with Crippen LogP contribution in [0.25, 0.3) is 0 Å². The minimum absolute atomic E-state index is 0.254. The Morgan fingerprint density at radius 1 is 1.12 bits per heavy atom. The van der Waals surface area contributed by atoms with Gasteiger partial charge in [-0.1, -0.05) is 19.3 Å². The minimum Gasteiger partial charge on any atom is -0.340 e. The zero-order valence-electron chi connectivity index (χ0n) is 15.5. The predicted molar refractivity (Wildman–Crippen MR) is 93.8 cm³/mol. The molecular formula is C18H30N6O. The first-order valence-electron chi connectivity index (χ1n) is 9.86. The van der Waals surface area contributed by atoms with Crippen LogP contribution in [0.1, 0.15) is 69.7 Å². The van der Waals surface area contributed by atoms with Crippen molar-refractivity contribution in [2.24, 2.45) is 5.92 Å². The van der Waals surface area contributed by atoms with Crippen molar-refractivity contribution in [1.82, 2.24) is 30.0 Å². The second kappa shape index (κ2) is 6.67. The van der Waals surface area contributed by atoms with Crippen LogP contribution in [-0.4, -0.2) is 63.1 Å². The highest BCUT2D eigenvalue weighted by atomic mass is 16.2. The third-order valence-electron chi connectivity index (χ3n) is 6.67. The lowest BCUT2D eigenvalue weighted by molar-refractivity contribution is -0.142. The second-order valence-electron chi connectivity index (χ2n) is 8.30. The average molecular weight is 346 g/mol. The van der Waals surface area contributed by atoms with Crippen molar-refractivity contribution in [3.8, 4) is 0 Å². The summed E-state index contributed by atoms with van der Waals surface area (Å²) in [4.78, 5) is 17.2. The van der Waals surface area contributed by atoms with Crippen LogP contribution in [0.3, 0.4) is 0 Å². The lowest BCUT2D eigenvalue weighted by Crippen LogP contribution is -2.57.